The van der Waals surface area contributed by atoms with Crippen molar-refractivity contribution in [1.29, 1.82) is 5.26 Å². The monoisotopic (exact) mass is 541 g/mol. The molecule has 0 fully saturated rings. The van der Waals surface area contributed by atoms with Crippen LogP contribution in [0, 0.1) is 24.2 Å². The number of hydrogen-bond donors (Lipinski definition) is 1. The van der Waals surface area contributed by atoms with Crippen LogP contribution in [-0.2, 0) is 18.0 Å². The smallest absolute Gasteiger partial charge is 0.329 e. The maximum atomic E-state index is 13.9. The van der Waals surface area contributed by atoms with E-state index >= 15 is 0 Å². The molecule has 0 aliphatic heterocycles. The van der Waals surface area contributed by atoms with E-state index in [1.165, 1.54) is 16.8 Å². The largest absolute Gasteiger partial charge is 0.497 e. The first kappa shape index (κ1) is 28.0. The van der Waals surface area contributed by atoms with Crippen LogP contribution in [0.2, 0.25) is 0 Å². The molecule has 0 saturated carbocycles. The number of oxime groups is 1. The minimum Gasteiger partial charge on any atom is -0.497 e. The molecule has 0 saturated heterocycles. The number of nitriles is 1. The molecular formula is C30H28FN5O4. The van der Waals surface area contributed by atoms with Crippen LogP contribution in [0.15, 0.2) is 75.5 Å². The second-order valence-electron chi connectivity index (χ2n) is 9.51. The summed E-state index contributed by atoms with van der Waals surface area (Å²) in [7, 11) is 1.58. The summed E-state index contributed by atoms with van der Waals surface area (Å²) in [5.74, 6) is -0.333. The topological polar surface area (TPSA) is 122 Å². The maximum Gasteiger partial charge on any atom is 0.329 e. The molecule has 0 unspecified atom stereocenters. The molecular weight excluding hydrogens is 513 g/mol. The third-order valence-corrected chi connectivity index (χ3v) is 6.19. The minimum absolute atomic E-state index is 0.0709. The second kappa shape index (κ2) is 12.2. The van der Waals surface area contributed by atoms with Gasteiger partial charge in [0.05, 0.1) is 31.0 Å². The molecule has 4 aromatic rings. The zero-order valence-electron chi connectivity index (χ0n) is 22.6. The first-order chi connectivity index (χ1) is 19.2. The fourth-order valence-electron chi connectivity index (χ4n) is 4.36. The van der Waals surface area contributed by atoms with Gasteiger partial charge in [-0.25, -0.2) is 9.78 Å². The summed E-state index contributed by atoms with van der Waals surface area (Å²) in [6, 6.07) is 17.3. The number of methoxy groups -OCH3 is 1. The molecule has 4 rings (SSSR count). The Morgan fingerprint density at radius 2 is 1.88 bits per heavy atom. The number of ether oxygens (including phenoxy) is 1. The number of halogens is 1. The molecule has 2 heterocycles. The van der Waals surface area contributed by atoms with Gasteiger partial charge in [0.1, 0.15) is 18.1 Å². The zero-order valence-corrected chi connectivity index (χ0v) is 22.6. The minimum atomic E-state index is -0.699. The van der Waals surface area contributed by atoms with E-state index in [-0.39, 0.29) is 30.5 Å². The van der Waals surface area contributed by atoms with Crippen molar-refractivity contribution in [2.75, 3.05) is 7.11 Å². The Morgan fingerprint density at radius 3 is 2.52 bits per heavy atom. The van der Waals surface area contributed by atoms with Gasteiger partial charge in [0.2, 0.25) is 5.95 Å². The first-order valence-electron chi connectivity index (χ1n) is 12.5. The van der Waals surface area contributed by atoms with Gasteiger partial charge in [-0.3, -0.25) is 14.3 Å². The number of aromatic nitrogens is 3. The van der Waals surface area contributed by atoms with Crippen molar-refractivity contribution >= 4 is 5.71 Å². The second-order valence-corrected chi connectivity index (χ2v) is 9.51. The number of H-pyrrole nitrogens is 1. The van der Waals surface area contributed by atoms with Crippen LogP contribution in [0.25, 0.3) is 0 Å². The fraction of sp³-hybridized carbons (Fsp3) is 0.233. The average molecular weight is 542 g/mol. The number of aryl methyl sites for hydroxylation is 1. The summed E-state index contributed by atoms with van der Waals surface area (Å²) >= 11 is 0. The van der Waals surface area contributed by atoms with Crippen LogP contribution < -0.4 is 16.0 Å². The van der Waals surface area contributed by atoms with Crippen molar-refractivity contribution in [3.05, 3.63) is 127 Å². The van der Waals surface area contributed by atoms with Gasteiger partial charge in [-0.1, -0.05) is 31.1 Å². The van der Waals surface area contributed by atoms with Crippen LogP contribution in [0.4, 0.5) is 4.39 Å². The number of benzene rings is 2. The molecule has 2 aromatic heterocycles. The summed E-state index contributed by atoms with van der Waals surface area (Å²) in [5.41, 5.74) is 2.33. The number of nitrogens with zero attached hydrogens (tertiary/aromatic N) is 4. The highest BCUT2D eigenvalue weighted by Crippen LogP contribution is 2.22. The van der Waals surface area contributed by atoms with Crippen molar-refractivity contribution in [3.63, 3.8) is 0 Å². The van der Waals surface area contributed by atoms with E-state index in [2.05, 4.69) is 21.2 Å². The van der Waals surface area contributed by atoms with Crippen LogP contribution in [0.1, 0.15) is 58.8 Å². The lowest BCUT2D eigenvalue weighted by molar-refractivity contribution is 0.130. The number of aromatic amines is 1. The van der Waals surface area contributed by atoms with Crippen LogP contribution in [-0.4, -0.2) is 27.4 Å². The summed E-state index contributed by atoms with van der Waals surface area (Å²) in [4.78, 5) is 38.1. The summed E-state index contributed by atoms with van der Waals surface area (Å²) in [6.45, 7) is 5.49. The van der Waals surface area contributed by atoms with Gasteiger partial charge in [-0.2, -0.15) is 9.65 Å². The average Bonchev–Trinajstić information content (AvgIpc) is 2.92. The molecule has 40 heavy (non-hydrogen) atoms. The van der Waals surface area contributed by atoms with Gasteiger partial charge in [-0.15, -0.1) is 0 Å². The molecule has 0 aliphatic rings. The van der Waals surface area contributed by atoms with Crippen molar-refractivity contribution in [1.82, 2.24) is 14.5 Å². The summed E-state index contributed by atoms with van der Waals surface area (Å²) in [6.07, 6.45) is 1.30. The van der Waals surface area contributed by atoms with E-state index in [4.69, 9.17) is 9.57 Å². The predicted octanol–water partition coefficient (Wildman–Crippen LogP) is 4.40. The van der Waals surface area contributed by atoms with Gasteiger partial charge in [0, 0.05) is 17.3 Å². The van der Waals surface area contributed by atoms with Crippen LogP contribution >= 0.6 is 0 Å². The Kier molecular flexibility index (Phi) is 8.54. The number of nitrogens with one attached hydrogen (secondary N) is 1. The van der Waals surface area contributed by atoms with Gasteiger partial charge < -0.3 is 9.57 Å². The van der Waals surface area contributed by atoms with E-state index in [1.54, 1.807) is 43.5 Å². The van der Waals surface area contributed by atoms with Gasteiger partial charge >= 0.3 is 5.69 Å². The highest BCUT2D eigenvalue weighted by Gasteiger charge is 2.25. The van der Waals surface area contributed by atoms with Crippen molar-refractivity contribution < 1.29 is 14.0 Å². The highest BCUT2D eigenvalue weighted by atomic mass is 19.1. The summed E-state index contributed by atoms with van der Waals surface area (Å²) < 4.78 is 20.5. The standard InChI is InChI=1S/C30H28FN5O4/c1-18(2)26-28(36(30(38)34-29(26)37)16-21-9-10-33-25(31)14-21)27(23-12-19(3)11-22(13-23)15-32)35-40-17-20-5-7-24(39-4)8-6-20/h5-14,18H,16-17H2,1-4H3,(H,34,37,38). The molecule has 204 valence electrons. The summed E-state index contributed by atoms with van der Waals surface area (Å²) in [5, 5.41) is 14.1. The number of hydrogen-bond acceptors (Lipinski definition) is 7. The fourth-order valence-corrected chi connectivity index (χ4v) is 4.36. The van der Waals surface area contributed by atoms with E-state index in [0.717, 1.165) is 11.1 Å². The molecule has 1 N–H and O–H groups in total. The SMILES string of the molecule is COc1ccc(CON=C(c2cc(C)cc(C#N)c2)c2c(C(C)C)c(=O)[nH]c(=O)n2Cc2ccnc(F)c2)cc1. The molecule has 9 nitrogen and oxygen atoms in total. The third kappa shape index (κ3) is 6.32. The van der Waals surface area contributed by atoms with Crippen molar-refractivity contribution in [2.24, 2.45) is 5.16 Å². The highest BCUT2D eigenvalue weighted by molar-refractivity contribution is 6.12. The van der Waals surface area contributed by atoms with E-state index in [9.17, 15) is 19.2 Å². The molecule has 0 amide bonds. The lowest BCUT2D eigenvalue weighted by atomic mass is 9.94. The lowest BCUT2D eigenvalue weighted by Gasteiger charge is -2.20. The van der Waals surface area contributed by atoms with Crippen LogP contribution in [0.5, 0.6) is 5.75 Å². The van der Waals surface area contributed by atoms with E-state index in [1.807, 2.05) is 32.9 Å². The molecule has 0 bridgehead atoms. The number of rotatable bonds is 9. The molecule has 0 radical (unpaired) electrons. The third-order valence-electron chi connectivity index (χ3n) is 6.19. The Morgan fingerprint density at radius 1 is 1.12 bits per heavy atom. The first-order valence-corrected chi connectivity index (χ1v) is 12.5. The Hall–Kier alpha value is -5.04. The van der Waals surface area contributed by atoms with Gasteiger partial charge in [-0.05, 0) is 72.0 Å². The molecule has 0 aliphatic carbocycles. The quantitative estimate of drug-likeness (QED) is 0.190. The van der Waals surface area contributed by atoms with Crippen molar-refractivity contribution in [2.45, 2.75) is 39.8 Å². The molecule has 2 aromatic carbocycles. The van der Waals surface area contributed by atoms with Gasteiger partial charge in [0.25, 0.3) is 5.56 Å². The molecule has 0 atom stereocenters. The Labute approximate surface area is 230 Å². The zero-order chi connectivity index (χ0) is 28.8. The maximum absolute atomic E-state index is 13.9. The molecule has 10 heteroatoms. The van der Waals surface area contributed by atoms with Crippen molar-refractivity contribution in [3.8, 4) is 11.8 Å². The normalized spacial score (nSPS) is 11.4. The van der Waals surface area contributed by atoms with E-state index in [0.29, 0.717) is 28.0 Å². The Bertz CT molecular complexity index is 1720. The Balaban J connectivity index is 1.94. The van der Waals surface area contributed by atoms with E-state index < -0.39 is 17.2 Å². The molecule has 0 spiro atoms. The van der Waals surface area contributed by atoms with Gasteiger partial charge in [0.15, 0.2) is 0 Å². The number of pyridine rings is 1. The predicted molar refractivity (Wildman–Crippen MR) is 148 cm³/mol. The lowest BCUT2D eigenvalue weighted by Crippen LogP contribution is -2.38. The van der Waals surface area contributed by atoms with Crippen LogP contribution in [0.3, 0.4) is 0 Å².